The number of morpholine rings is 1. The summed E-state index contributed by atoms with van der Waals surface area (Å²) in [4.78, 5) is 50.9. The molecule has 0 spiro atoms. The average Bonchev–Trinajstić information content (AvgIpc) is 3.19. The number of hydrogen-bond donors (Lipinski definition) is 4. The van der Waals surface area contributed by atoms with Gasteiger partial charge in [-0.15, -0.1) is 0 Å². The van der Waals surface area contributed by atoms with Crippen LogP contribution in [-0.2, 0) is 4.74 Å². The molecule has 1 saturated heterocycles. The number of anilines is 1. The largest absolute Gasteiger partial charge is 0.493 e. The van der Waals surface area contributed by atoms with Crippen LogP contribution < -0.4 is 21.8 Å². The van der Waals surface area contributed by atoms with Gasteiger partial charge in [0.15, 0.2) is 0 Å². The summed E-state index contributed by atoms with van der Waals surface area (Å²) in [6.45, 7) is 2.35. The Kier molecular flexibility index (Phi) is 5.67. The topological polar surface area (TPSA) is 149 Å². The van der Waals surface area contributed by atoms with Gasteiger partial charge in [0.05, 0.1) is 41.3 Å². The molecule has 4 N–H and O–H groups in total. The molecule has 0 bridgehead atoms. The fourth-order valence-electron chi connectivity index (χ4n) is 3.84. The Morgan fingerprint density at radius 3 is 2.38 bits per heavy atom. The van der Waals surface area contributed by atoms with E-state index in [0.29, 0.717) is 48.7 Å². The molecule has 0 aliphatic carbocycles. The standard InChI is InChI=1S/C22H19BrN6O5/c23-12-1-3-13(4-2-12)29-20(31)14(19(30)27-22(29)33)11-24-17-9-15-16(26-21(32)25-15)10-18(17)28-5-7-34-8-6-28/h1-4,9-11,31H,5-8H2,(H2,25,26,32)(H,27,30,33). The highest BCUT2D eigenvalue weighted by Gasteiger charge is 2.18. The fraction of sp³-hybridized carbons (Fsp3) is 0.182. The minimum absolute atomic E-state index is 0.182. The summed E-state index contributed by atoms with van der Waals surface area (Å²) in [5, 5.41) is 10.8. The minimum atomic E-state index is -0.776. The van der Waals surface area contributed by atoms with Crippen molar-refractivity contribution in [1.29, 1.82) is 0 Å². The van der Waals surface area contributed by atoms with Gasteiger partial charge in [0.1, 0.15) is 5.56 Å². The number of nitrogens with one attached hydrogen (secondary N) is 3. The zero-order valence-corrected chi connectivity index (χ0v) is 19.3. The molecule has 1 aliphatic rings. The highest BCUT2D eigenvalue weighted by atomic mass is 79.9. The number of aliphatic imine (C=N–C) groups is 1. The van der Waals surface area contributed by atoms with Crippen molar-refractivity contribution in [3.05, 3.63) is 77.8 Å². The normalized spacial score (nSPS) is 14.3. The van der Waals surface area contributed by atoms with E-state index in [1.807, 2.05) is 0 Å². The Balaban J connectivity index is 1.63. The first-order valence-corrected chi connectivity index (χ1v) is 11.2. The summed E-state index contributed by atoms with van der Waals surface area (Å²) in [7, 11) is 0. The Labute approximate surface area is 199 Å². The van der Waals surface area contributed by atoms with Crippen LogP contribution in [0.2, 0.25) is 0 Å². The van der Waals surface area contributed by atoms with Crippen LogP contribution in [0.5, 0.6) is 5.88 Å². The van der Waals surface area contributed by atoms with Crippen LogP contribution in [0.1, 0.15) is 5.56 Å². The predicted molar refractivity (Wildman–Crippen MR) is 131 cm³/mol. The second-order valence-corrected chi connectivity index (χ2v) is 8.55. The van der Waals surface area contributed by atoms with E-state index in [-0.39, 0.29) is 11.3 Å². The Hall–Kier alpha value is -3.90. The molecular formula is C22H19BrN6O5. The summed E-state index contributed by atoms with van der Waals surface area (Å²) in [5.41, 5.74) is 0.673. The third-order valence-corrected chi connectivity index (χ3v) is 6.03. The lowest BCUT2D eigenvalue weighted by Crippen LogP contribution is -2.36. The summed E-state index contributed by atoms with van der Waals surface area (Å²) >= 11 is 3.32. The Bertz CT molecular complexity index is 1570. The van der Waals surface area contributed by atoms with Gasteiger partial charge < -0.3 is 24.7 Å². The fourth-order valence-corrected chi connectivity index (χ4v) is 4.10. The molecule has 0 unspecified atom stereocenters. The zero-order valence-electron chi connectivity index (χ0n) is 17.7. The first kappa shape index (κ1) is 21.9. The van der Waals surface area contributed by atoms with E-state index in [9.17, 15) is 19.5 Å². The van der Waals surface area contributed by atoms with Crippen LogP contribution in [0, 0.1) is 0 Å². The monoisotopic (exact) mass is 526 g/mol. The van der Waals surface area contributed by atoms with E-state index < -0.39 is 17.1 Å². The van der Waals surface area contributed by atoms with Crippen molar-refractivity contribution in [2.45, 2.75) is 0 Å². The summed E-state index contributed by atoms with van der Waals surface area (Å²) in [6.07, 6.45) is 1.21. The maximum Gasteiger partial charge on any atom is 0.335 e. The number of nitrogens with zero attached hydrogens (tertiary/aromatic N) is 3. The minimum Gasteiger partial charge on any atom is -0.493 e. The van der Waals surface area contributed by atoms with Gasteiger partial charge in [-0.2, -0.15) is 0 Å². The van der Waals surface area contributed by atoms with Gasteiger partial charge >= 0.3 is 11.4 Å². The van der Waals surface area contributed by atoms with Crippen LogP contribution in [0.15, 0.2) is 60.2 Å². The van der Waals surface area contributed by atoms with Gasteiger partial charge in [0.25, 0.3) is 5.56 Å². The molecule has 0 saturated carbocycles. The van der Waals surface area contributed by atoms with Gasteiger partial charge in [-0.3, -0.25) is 14.8 Å². The number of aromatic hydroxyl groups is 1. The van der Waals surface area contributed by atoms with Crippen LogP contribution >= 0.6 is 15.9 Å². The van der Waals surface area contributed by atoms with Gasteiger partial charge in [-0.05, 0) is 36.4 Å². The molecule has 0 amide bonds. The number of aromatic amines is 3. The van der Waals surface area contributed by atoms with E-state index in [1.165, 1.54) is 6.21 Å². The van der Waals surface area contributed by atoms with Crippen molar-refractivity contribution in [2.75, 3.05) is 31.2 Å². The molecule has 174 valence electrons. The number of benzene rings is 2. The van der Waals surface area contributed by atoms with Crippen molar-refractivity contribution in [3.8, 4) is 11.6 Å². The number of H-pyrrole nitrogens is 3. The molecule has 12 heteroatoms. The van der Waals surface area contributed by atoms with Crippen molar-refractivity contribution in [1.82, 2.24) is 19.5 Å². The lowest BCUT2D eigenvalue weighted by molar-refractivity contribution is 0.123. The van der Waals surface area contributed by atoms with Crippen molar-refractivity contribution in [3.63, 3.8) is 0 Å². The van der Waals surface area contributed by atoms with Crippen molar-refractivity contribution < 1.29 is 9.84 Å². The zero-order chi connectivity index (χ0) is 23.8. The maximum absolute atomic E-state index is 12.5. The van der Waals surface area contributed by atoms with Crippen LogP contribution in [0.25, 0.3) is 16.7 Å². The van der Waals surface area contributed by atoms with E-state index in [4.69, 9.17) is 4.74 Å². The second kappa shape index (κ2) is 8.80. The first-order chi connectivity index (χ1) is 16.4. The molecule has 34 heavy (non-hydrogen) atoms. The molecule has 2 aromatic carbocycles. The second-order valence-electron chi connectivity index (χ2n) is 7.63. The molecule has 0 atom stereocenters. The summed E-state index contributed by atoms with van der Waals surface area (Å²) in [6, 6.07) is 10.2. The average molecular weight is 527 g/mol. The number of hydrogen-bond acceptors (Lipinski definition) is 7. The van der Waals surface area contributed by atoms with Crippen LogP contribution in [-0.4, -0.2) is 57.1 Å². The van der Waals surface area contributed by atoms with Crippen molar-refractivity contribution in [2.24, 2.45) is 4.99 Å². The number of aromatic nitrogens is 4. The molecule has 5 rings (SSSR count). The molecule has 11 nitrogen and oxygen atoms in total. The molecule has 1 aliphatic heterocycles. The molecule has 3 heterocycles. The summed E-state index contributed by atoms with van der Waals surface area (Å²) in [5.74, 6) is -0.538. The maximum atomic E-state index is 12.5. The van der Waals surface area contributed by atoms with Crippen LogP contribution in [0.3, 0.4) is 0 Å². The molecular weight excluding hydrogens is 508 g/mol. The lowest BCUT2D eigenvalue weighted by Gasteiger charge is -2.29. The smallest absolute Gasteiger partial charge is 0.335 e. The number of imidazole rings is 1. The highest BCUT2D eigenvalue weighted by molar-refractivity contribution is 9.10. The molecule has 4 aromatic rings. The van der Waals surface area contributed by atoms with Gasteiger partial charge in [-0.25, -0.2) is 14.2 Å². The van der Waals surface area contributed by atoms with E-state index in [0.717, 1.165) is 14.7 Å². The first-order valence-electron chi connectivity index (χ1n) is 10.4. The predicted octanol–water partition coefficient (Wildman–Crippen LogP) is 1.75. The van der Waals surface area contributed by atoms with Crippen molar-refractivity contribution >= 4 is 44.6 Å². The SMILES string of the molecule is O=c1[nH]c2cc(N=Cc3c(O)n(-c4ccc(Br)cc4)c(=O)[nH]c3=O)c(N3CCOCC3)cc2[nH]1. The number of rotatable bonds is 4. The van der Waals surface area contributed by atoms with E-state index in [2.05, 4.69) is 40.8 Å². The third kappa shape index (κ3) is 4.08. The van der Waals surface area contributed by atoms with Gasteiger partial charge in [0, 0.05) is 23.8 Å². The van der Waals surface area contributed by atoms with Gasteiger partial charge in [-0.1, -0.05) is 15.9 Å². The van der Waals surface area contributed by atoms with E-state index in [1.54, 1.807) is 36.4 Å². The molecule has 1 fully saturated rings. The number of halogens is 1. The number of fused-ring (bicyclic) bond motifs is 1. The quantitative estimate of drug-likeness (QED) is 0.297. The summed E-state index contributed by atoms with van der Waals surface area (Å²) < 4.78 is 7.22. The van der Waals surface area contributed by atoms with Gasteiger partial charge in [0.2, 0.25) is 5.88 Å². The molecule has 2 aromatic heterocycles. The third-order valence-electron chi connectivity index (χ3n) is 5.50. The Morgan fingerprint density at radius 1 is 1.00 bits per heavy atom. The highest BCUT2D eigenvalue weighted by Crippen LogP contribution is 2.33. The van der Waals surface area contributed by atoms with E-state index >= 15 is 0 Å². The Morgan fingerprint density at radius 2 is 1.68 bits per heavy atom. The number of ether oxygens (including phenoxy) is 1. The molecule has 0 radical (unpaired) electrons. The lowest BCUT2D eigenvalue weighted by atomic mass is 10.2. The van der Waals surface area contributed by atoms with Crippen LogP contribution in [0.4, 0.5) is 11.4 Å².